The average Bonchev–Trinajstić information content (AvgIpc) is 2.07. The molecule has 0 radical (unpaired) electrons. The Labute approximate surface area is 82.4 Å². The summed E-state index contributed by atoms with van der Waals surface area (Å²) in [5, 5.41) is 8.14. The molecule has 80 valence electrons. The number of hydrogen-bond acceptors (Lipinski definition) is 1. The summed E-state index contributed by atoms with van der Waals surface area (Å²) in [4.78, 5) is 9.87. The Kier molecular flexibility index (Phi) is 16.1. The fraction of sp³-hybridized carbons (Fsp3) is 0.909. The largest absolute Gasteiger partial charge is 0.481 e. The normalized spacial score (nSPS) is 8.85. The van der Waals surface area contributed by atoms with Crippen molar-refractivity contribution in [1.82, 2.24) is 0 Å². The van der Waals surface area contributed by atoms with Crippen LogP contribution in [0.2, 0.25) is 0 Å². The molecule has 0 aromatic carbocycles. The van der Waals surface area contributed by atoms with Gasteiger partial charge in [0.1, 0.15) is 0 Å². The van der Waals surface area contributed by atoms with Gasteiger partial charge in [0, 0.05) is 6.42 Å². The van der Waals surface area contributed by atoms with Crippen LogP contribution >= 0.6 is 0 Å². The first kappa shape index (κ1) is 15.0. The molecule has 2 nitrogen and oxygen atoms in total. The minimum atomic E-state index is -0.682. The first-order valence-corrected chi connectivity index (χ1v) is 5.40. The second-order valence-corrected chi connectivity index (χ2v) is 3.20. The van der Waals surface area contributed by atoms with Crippen LogP contribution in [0.15, 0.2) is 0 Å². The van der Waals surface area contributed by atoms with Crippen LogP contribution in [-0.2, 0) is 4.79 Å². The van der Waals surface area contributed by atoms with E-state index in [1.165, 1.54) is 19.3 Å². The number of carbonyl (C=O) groups is 1. The topological polar surface area (TPSA) is 37.3 Å². The van der Waals surface area contributed by atoms with E-state index in [1.54, 1.807) is 0 Å². The summed E-state index contributed by atoms with van der Waals surface area (Å²) in [5.74, 6) is -0.682. The van der Waals surface area contributed by atoms with Crippen LogP contribution < -0.4 is 0 Å². The van der Waals surface area contributed by atoms with Gasteiger partial charge in [0.05, 0.1) is 0 Å². The van der Waals surface area contributed by atoms with Gasteiger partial charge in [0.25, 0.3) is 0 Å². The summed E-state index contributed by atoms with van der Waals surface area (Å²) in [5.41, 5.74) is 0. The molecule has 0 amide bonds. The van der Waals surface area contributed by atoms with Gasteiger partial charge in [-0.05, 0) is 6.42 Å². The molecular formula is C11H24O2. The molecule has 0 aliphatic rings. The lowest BCUT2D eigenvalue weighted by Gasteiger charge is -1.89. The molecule has 0 rings (SSSR count). The van der Waals surface area contributed by atoms with Gasteiger partial charge < -0.3 is 5.11 Å². The number of aliphatic carboxylic acids is 1. The summed E-state index contributed by atoms with van der Waals surface area (Å²) in [6.07, 6.45) is 7.35. The van der Waals surface area contributed by atoms with Crippen molar-refractivity contribution in [3.63, 3.8) is 0 Å². The van der Waals surface area contributed by atoms with Crippen LogP contribution in [0.1, 0.15) is 65.7 Å². The Morgan fingerprint density at radius 1 is 0.923 bits per heavy atom. The standard InChI is InChI=1S/C6H12O2.C5H12/c1-2-3-4-5-6(7)8;1-3-5-4-2/h2-5H2,1H3,(H,7,8);3-5H2,1-2H3. The van der Waals surface area contributed by atoms with Gasteiger partial charge >= 0.3 is 5.97 Å². The fourth-order valence-corrected chi connectivity index (χ4v) is 0.880. The number of carboxylic acid groups (broad SMARTS) is 1. The molecule has 1 N–H and O–H groups in total. The van der Waals surface area contributed by atoms with E-state index in [2.05, 4.69) is 20.8 Å². The molecule has 0 heterocycles. The van der Waals surface area contributed by atoms with E-state index in [1.807, 2.05) is 0 Å². The van der Waals surface area contributed by atoms with Crippen molar-refractivity contribution in [3.05, 3.63) is 0 Å². The molecular weight excluding hydrogens is 164 g/mol. The summed E-state index contributed by atoms with van der Waals surface area (Å²) in [6, 6.07) is 0. The molecule has 0 aliphatic carbocycles. The Balaban J connectivity index is 0. The average molecular weight is 188 g/mol. The molecule has 0 saturated heterocycles. The Morgan fingerprint density at radius 2 is 1.38 bits per heavy atom. The molecule has 0 atom stereocenters. The van der Waals surface area contributed by atoms with Crippen LogP contribution in [0.5, 0.6) is 0 Å². The smallest absolute Gasteiger partial charge is 0.303 e. The van der Waals surface area contributed by atoms with Crippen LogP contribution in [0.4, 0.5) is 0 Å². The number of unbranched alkanes of at least 4 members (excludes halogenated alkanes) is 4. The lowest BCUT2D eigenvalue weighted by atomic mass is 10.2. The first-order chi connectivity index (χ1) is 6.18. The van der Waals surface area contributed by atoms with E-state index < -0.39 is 5.97 Å². The van der Waals surface area contributed by atoms with E-state index in [9.17, 15) is 4.79 Å². The number of carboxylic acids is 1. The zero-order valence-electron chi connectivity index (χ0n) is 9.31. The first-order valence-electron chi connectivity index (χ1n) is 5.40. The highest BCUT2D eigenvalue weighted by Gasteiger charge is 1.92. The van der Waals surface area contributed by atoms with Crippen LogP contribution in [-0.4, -0.2) is 11.1 Å². The highest BCUT2D eigenvalue weighted by atomic mass is 16.4. The Bertz CT molecular complexity index is 98.3. The monoisotopic (exact) mass is 188 g/mol. The maximum atomic E-state index is 9.87. The van der Waals surface area contributed by atoms with Gasteiger partial charge in [-0.15, -0.1) is 0 Å². The van der Waals surface area contributed by atoms with Gasteiger partial charge in [-0.1, -0.05) is 52.9 Å². The van der Waals surface area contributed by atoms with Gasteiger partial charge in [0.2, 0.25) is 0 Å². The molecule has 0 aliphatic heterocycles. The van der Waals surface area contributed by atoms with Crippen LogP contribution in [0.3, 0.4) is 0 Å². The zero-order chi connectivity index (χ0) is 10.5. The highest BCUT2D eigenvalue weighted by Crippen LogP contribution is 1.97. The summed E-state index contributed by atoms with van der Waals surface area (Å²) in [6.45, 7) is 6.48. The van der Waals surface area contributed by atoms with Crippen molar-refractivity contribution >= 4 is 5.97 Å². The maximum absolute atomic E-state index is 9.87. The minimum Gasteiger partial charge on any atom is -0.481 e. The molecule has 2 heteroatoms. The number of hydrogen-bond donors (Lipinski definition) is 1. The second kappa shape index (κ2) is 14.0. The lowest BCUT2D eigenvalue weighted by Crippen LogP contribution is -1.92. The molecule has 0 fully saturated rings. The third kappa shape index (κ3) is 24.6. The lowest BCUT2D eigenvalue weighted by molar-refractivity contribution is -0.137. The summed E-state index contributed by atoms with van der Waals surface area (Å²) in [7, 11) is 0. The predicted octanol–water partition coefficient (Wildman–Crippen LogP) is 3.85. The van der Waals surface area contributed by atoms with E-state index in [4.69, 9.17) is 5.11 Å². The SMILES string of the molecule is CCCCC.CCCCCC(=O)O. The molecule has 0 saturated carbocycles. The fourth-order valence-electron chi connectivity index (χ4n) is 0.880. The van der Waals surface area contributed by atoms with E-state index in [0.29, 0.717) is 6.42 Å². The van der Waals surface area contributed by atoms with E-state index in [0.717, 1.165) is 19.3 Å². The highest BCUT2D eigenvalue weighted by molar-refractivity contribution is 5.66. The Morgan fingerprint density at radius 3 is 1.62 bits per heavy atom. The van der Waals surface area contributed by atoms with Crippen molar-refractivity contribution in [2.45, 2.75) is 65.7 Å². The summed E-state index contributed by atoms with van der Waals surface area (Å²) < 4.78 is 0. The minimum absolute atomic E-state index is 0.327. The molecule has 0 aromatic heterocycles. The van der Waals surface area contributed by atoms with Crippen molar-refractivity contribution in [2.24, 2.45) is 0 Å². The number of rotatable bonds is 6. The van der Waals surface area contributed by atoms with E-state index >= 15 is 0 Å². The Hall–Kier alpha value is -0.530. The van der Waals surface area contributed by atoms with Gasteiger partial charge in [-0.3, -0.25) is 4.79 Å². The third-order valence-corrected chi connectivity index (χ3v) is 1.70. The van der Waals surface area contributed by atoms with Crippen molar-refractivity contribution in [2.75, 3.05) is 0 Å². The van der Waals surface area contributed by atoms with Crippen molar-refractivity contribution in [1.29, 1.82) is 0 Å². The second-order valence-electron chi connectivity index (χ2n) is 3.20. The quantitative estimate of drug-likeness (QED) is 0.643. The predicted molar refractivity (Wildman–Crippen MR) is 57.0 cm³/mol. The van der Waals surface area contributed by atoms with Crippen molar-refractivity contribution in [3.8, 4) is 0 Å². The van der Waals surface area contributed by atoms with Crippen molar-refractivity contribution < 1.29 is 9.90 Å². The molecule has 0 unspecified atom stereocenters. The van der Waals surface area contributed by atoms with Gasteiger partial charge in [0.15, 0.2) is 0 Å². The zero-order valence-corrected chi connectivity index (χ0v) is 9.31. The van der Waals surface area contributed by atoms with Gasteiger partial charge in [-0.25, -0.2) is 0 Å². The maximum Gasteiger partial charge on any atom is 0.303 e. The van der Waals surface area contributed by atoms with Gasteiger partial charge in [-0.2, -0.15) is 0 Å². The van der Waals surface area contributed by atoms with Crippen LogP contribution in [0, 0.1) is 0 Å². The molecule has 0 spiro atoms. The molecule has 0 bridgehead atoms. The van der Waals surface area contributed by atoms with E-state index in [-0.39, 0.29) is 0 Å². The summed E-state index contributed by atoms with van der Waals surface area (Å²) >= 11 is 0. The third-order valence-electron chi connectivity index (χ3n) is 1.70. The molecule has 0 aromatic rings. The molecule has 13 heavy (non-hydrogen) atoms. The van der Waals surface area contributed by atoms with Crippen LogP contribution in [0.25, 0.3) is 0 Å².